The Labute approximate surface area is 148 Å². The van der Waals surface area contributed by atoms with Gasteiger partial charge in [-0.2, -0.15) is 0 Å². The summed E-state index contributed by atoms with van der Waals surface area (Å²) in [6.07, 6.45) is 1.67. The minimum Gasteiger partial charge on any atom is -0.507 e. The van der Waals surface area contributed by atoms with E-state index in [4.69, 9.17) is 4.74 Å². The molecule has 0 aliphatic rings. The van der Waals surface area contributed by atoms with Crippen LogP contribution in [0.15, 0.2) is 53.0 Å². The average Bonchev–Trinajstić information content (AvgIpc) is 2.59. The highest BCUT2D eigenvalue weighted by Crippen LogP contribution is 2.22. The van der Waals surface area contributed by atoms with Crippen LogP contribution in [0.1, 0.15) is 22.3 Å². The van der Waals surface area contributed by atoms with Gasteiger partial charge in [0, 0.05) is 11.0 Å². The summed E-state index contributed by atoms with van der Waals surface area (Å²) in [6, 6.07) is 14.4. The molecule has 126 valence electrons. The number of nitrogens with one attached hydrogen (secondary N) is 1. The Hall–Kier alpha value is -2.34. The maximum Gasteiger partial charge on any atom is 0.342 e. The van der Waals surface area contributed by atoms with E-state index in [0.717, 1.165) is 12.8 Å². The van der Waals surface area contributed by atoms with Gasteiger partial charge in [0.25, 0.3) is 5.91 Å². The van der Waals surface area contributed by atoms with Crippen molar-refractivity contribution >= 4 is 27.8 Å². The number of phenols is 1. The van der Waals surface area contributed by atoms with Crippen molar-refractivity contribution in [3.63, 3.8) is 0 Å². The molecule has 2 N–H and O–H groups in total. The minimum atomic E-state index is -0.742. The molecule has 0 heterocycles. The van der Waals surface area contributed by atoms with Crippen molar-refractivity contribution in [3.8, 4) is 5.75 Å². The van der Waals surface area contributed by atoms with Gasteiger partial charge in [-0.1, -0.05) is 46.3 Å². The van der Waals surface area contributed by atoms with Crippen LogP contribution in [0.5, 0.6) is 5.75 Å². The van der Waals surface area contributed by atoms with E-state index < -0.39 is 5.97 Å². The van der Waals surface area contributed by atoms with Gasteiger partial charge < -0.3 is 15.2 Å². The van der Waals surface area contributed by atoms with Gasteiger partial charge in [-0.15, -0.1) is 0 Å². The fourth-order valence-corrected chi connectivity index (χ4v) is 2.46. The quantitative estimate of drug-likeness (QED) is 0.561. The number of hydrogen-bond acceptors (Lipinski definition) is 4. The molecule has 2 rings (SSSR count). The standard InChI is InChI=1S/C18H18BrNO4/c19-14-8-9-16(21)15(11-14)18(23)24-12-17(22)20-10-4-7-13-5-2-1-3-6-13/h1-3,5-6,8-9,11,21H,4,7,10,12H2,(H,20,22). The van der Waals surface area contributed by atoms with Gasteiger partial charge in [0.1, 0.15) is 11.3 Å². The molecule has 0 bridgehead atoms. The summed E-state index contributed by atoms with van der Waals surface area (Å²) in [4.78, 5) is 23.5. The van der Waals surface area contributed by atoms with Crippen LogP contribution in [0.25, 0.3) is 0 Å². The van der Waals surface area contributed by atoms with Gasteiger partial charge in [-0.05, 0) is 36.6 Å². The number of rotatable bonds is 7. The van der Waals surface area contributed by atoms with Crippen molar-refractivity contribution in [2.45, 2.75) is 12.8 Å². The molecule has 0 fully saturated rings. The SMILES string of the molecule is O=C(COC(=O)c1cc(Br)ccc1O)NCCCc1ccccc1. The van der Waals surface area contributed by atoms with Crippen LogP contribution in [-0.2, 0) is 16.0 Å². The number of phenolic OH excluding ortho intramolecular Hbond substituents is 1. The van der Waals surface area contributed by atoms with E-state index in [1.807, 2.05) is 30.3 Å². The zero-order chi connectivity index (χ0) is 17.4. The molecule has 5 nitrogen and oxygen atoms in total. The van der Waals surface area contributed by atoms with Crippen molar-refractivity contribution < 1.29 is 19.4 Å². The second-order valence-corrected chi connectivity index (χ2v) is 6.09. The lowest BCUT2D eigenvalue weighted by molar-refractivity contribution is -0.124. The Kier molecular flexibility index (Phi) is 6.81. The molecule has 24 heavy (non-hydrogen) atoms. The average molecular weight is 392 g/mol. The lowest BCUT2D eigenvalue weighted by Crippen LogP contribution is -2.29. The predicted molar refractivity (Wildman–Crippen MR) is 93.9 cm³/mol. The van der Waals surface area contributed by atoms with Gasteiger partial charge in [0.2, 0.25) is 0 Å². The molecule has 0 radical (unpaired) electrons. The van der Waals surface area contributed by atoms with Crippen LogP contribution >= 0.6 is 15.9 Å². The van der Waals surface area contributed by atoms with Gasteiger partial charge in [-0.25, -0.2) is 4.79 Å². The molecule has 0 aliphatic heterocycles. The number of amides is 1. The number of hydrogen-bond donors (Lipinski definition) is 2. The molecule has 0 saturated carbocycles. The normalized spacial score (nSPS) is 10.2. The zero-order valence-corrected chi connectivity index (χ0v) is 14.6. The van der Waals surface area contributed by atoms with E-state index in [2.05, 4.69) is 21.2 Å². The van der Waals surface area contributed by atoms with Crippen molar-refractivity contribution in [3.05, 3.63) is 64.1 Å². The first-order chi connectivity index (χ1) is 11.6. The summed E-state index contributed by atoms with van der Waals surface area (Å²) in [5.41, 5.74) is 1.23. The summed E-state index contributed by atoms with van der Waals surface area (Å²) in [5, 5.41) is 12.3. The summed E-state index contributed by atoms with van der Waals surface area (Å²) >= 11 is 3.21. The second-order valence-electron chi connectivity index (χ2n) is 5.18. The van der Waals surface area contributed by atoms with Crippen LogP contribution in [0, 0.1) is 0 Å². The van der Waals surface area contributed by atoms with Crippen LogP contribution in [0.2, 0.25) is 0 Å². The van der Waals surface area contributed by atoms with Crippen molar-refractivity contribution in [2.75, 3.05) is 13.2 Å². The fraction of sp³-hybridized carbons (Fsp3) is 0.222. The van der Waals surface area contributed by atoms with E-state index in [1.165, 1.54) is 17.7 Å². The van der Waals surface area contributed by atoms with Crippen molar-refractivity contribution in [1.82, 2.24) is 5.32 Å². The summed E-state index contributed by atoms with van der Waals surface area (Å²) in [7, 11) is 0. The third kappa shape index (κ3) is 5.70. The number of ether oxygens (including phenoxy) is 1. The van der Waals surface area contributed by atoms with Crippen LogP contribution < -0.4 is 5.32 Å². The Morgan fingerprint density at radius 3 is 2.62 bits per heavy atom. The first-order valence-corrected chi connectivity index (χ1v) is 8.32. The fourth-order valence-electron chi connectivity index (χ4n) is 2.10. The number of aromatic hydroxyl groups is 1. The summed E-state index contributed by atoms with van der Waals surface area (Å²) in [6.45, 7) is 0.129. The Morgan fingerprint density at radius 1 is 1.12 bits per heavy atom. The minimum absolute atomic E-state index is 0.0150. The van der Waals surface area contributed by atoms with Crippen LogP contribution in [-0.4, -0.2) is 30.1 Å². The number of carbonyl (C=O) groups is 2. The maximum absolute atomic E-state index is 11.9. The lowest BCUT2D eigenvalue weighted by atomic mass is 10.1. The molecule has 0 aromatic heterocycles. The first kappa shape index (κ1) is 18.0. The highest BCUT2D eigenvalue weighted by atomic mass is 79.9. The predicted octanol–water partition coefficient (Wildman–Crippen LogP) is 3.06. The monoisotopic (exact) mass is 391 g/mol. The van der Waals surface area contributed by atoms with E-state index in [9.17, 15) is 14.7 Å². The zero-order valence-electron chi connectivity index (χ0n) is 13.0. The molecule has 6 heteroatoms. The highest BCUT2D eigenvalue weighted by molar-refractivity contribution is 9.10. The number of esters is 1. The van der Waals surface area contributed by atoms with E-state index in [0.29, 0.717) is 11.0 Å². The number of halogens is 1. The molecule has 0 aliphatic carbocycles. The molecule has 0 unspecified atom stereocenters. The van der Waals surface area contributed by atoms with Crippen LogP contribution in [0.3, 0.4) is 0 Å². The molecular formula is C18H18BrNO4. The van der Waals surface area contributed by atoms with Gasteiger partial charge in [-0.3, -0.25) is 4.79 Å². The van der Waals surface area contributed by atoms with Crippen LogP contribution in [0.4, 0.5) is 0 Å². The maximum atomic E-state index is 11.9. The molecule has 2 aromatic carbocycles. The Bertz CT molecular complexity index is 703. The Morgan fingerprint density at radius 2 is 1.88 bits per heavy atom. The van der Waals surface area contributed by atoms with E-state index >= 15 is 0 Å². The number of benzene rings is 2. The molecule has 0 atom stereocenters. The van der Waals surface area contributed by atoms with E-state index in [-0.39, 0.29) is 23.8 Å². The molecule has 0 spiro atoms. The third-order valence-electron chi connectivity index (χ3n) is 3.32. The molecule has 1 amide bonds. The van der Waals surface area contributed by atoms with Gasteiger partial charge in [0.15, 0.2) is 6.61 Å². The van der Waals surface area contributed by atoms with Crippen molar-refractivity contribution in [1.29, 1.82) is 0 Å². The third-order valence-corrected chi connectivity index (χ3v) is 3.81. The van der Waals surface area contributed by atoms with E-state index in [1.54, 1.807) is 6.07 Å². The smallest absolute Gasteiger partial charge is 0.342 e. The highest BCUT2D eigenvalue weighted by Gasteiger charge is 2.14. The van der Waals surface area contributed by atoms with Crippen molar-refractivity contribution in [2.24, 2.45) is 0 Å². The number of aryl methyl sites for hydroxylation is 1. The number of carbonyl (C=O) groups excluding carboxylic acids is 2. The van der Waals surface area contributed by atoms with Gasteiger partial charge in [0.05, 0.1) is 0 Å². The molecule has 2 aromatic rings. The molecular weight excluding hydrogens is 374 g/mol. The lowest BCUT2D eigenvalue weighted by Gasteiger charge is -2.08. The first-order valence-electron chi connectivity index (χ1n) is 7.52. The largest absolute Gasteiger partial charge is 0.507 e. The molecule has 0 saturated heterocycles. The summed E-state index contributed by atoms with van der Waals surface area (Å²) in [5.74, 6) is -1.30. The summed E-state index contributed by atoms with van der Waals surface area (Å²) < 4.78 is 5.55. The van der Waals surface area contributed by atoms with Gasteiger partial charge >= 0.3 is 5.97 Å². The Balaban J connectivity index is 1.69. The topological polar surface area (TPSA) is 75.6 Å². The second kappa shape index (κ2) is 9.08.